The first kappa shape index (κ1) is 28.1. The summed E-state index contributed by atoms with van der Waals surface area (Å²) in [4.78, 5) is 28.2. The first-order chi connectivity index (χ1) is 17.5. The number of aryl methyl sites for hydroxylation is 4. The molecule has 1 atom stereocenters. The number of rotatable bonds is 11. The Morgan fingerprint density at radius 2 is 1.81 bits per heavy atom. The fraction of sp³-hybridized carbons (Fsp3) is 0.423. The Balaban J connectivity index is 1.50. The number of benzene rings is 2. The van der Waals surface area contributed by atoms with Gasteiger partial charge in [-0.25, -0.2) is 8.42 Å². The van der Waals surface area contributed by atoms with Gasteiger partial charge in [-0.2, -0.15) is 4.72 Å². The van der Waals surface area contributed by atoms with Crippen LogP contribution in [0.1, 0.15) is 41.5 Å². The highest BCUT2D eigenvalue weighted by Crippen LogP contribution is 2.22. The highest BCUT2D eigenvalue weighted by Gasteiger charge is 2.28. The van der Waals surface area contributed by atoms with Crippen LogP contribution in [0, 0.1) is 20.8 Å². The second-order valence-corrected chi connectivity index (χ2v) is 10.7. The molecule has 1 heterocycles. The van der Waals surface area contributed by atoms with Gasteiger partial charge in [0, 0.05) is 25.9 Å². The maximum atomic E-state index is 12.9. The highest BCUT2D eigenvalue weighted by molar-refractivity contribution is 7.89. The predicted octanol–water partition coefficient (Wildman–Crippen LogP) is 2.21. The van der Waals surface area contributed by atoms with Crippen LogP contribution in [0.3, 0.4) is 0 Å². The summed E-state index contributed by atoms with van der Waals surface area (Å²) in [5.74, 6) is -0.360. The van der Waals surface area contributed by atoms with Crippen LogP contribution in [0.25, 0.3) is 0 Å². The molecule has 0 fully saturated rings. The van der Waals surface area contributed by atoms with Crippen LogP contribution >= 0.6 is 0 Å². The number of carbonyl (C=O) groups excluding carboxylic acids is 1. The zero-order chi connectivity index (χ0) is 27.0. The summed E-state index contributed by atoms with van der Waals surface area (Å²) in [6, 6.07) is 9.29. The molecule has 0 radical (unpaired) electrons. The van der Waals surface area contributed by atoms with E-state index in [1.165, 1.54) is 0 Å². The summed E-state index contributed by atoms with van der Waals surface area (Å²) in [5, 5.41) is 15.4. The van der Waals surface area contributed by atoms with E-state index in [0.717, 1.165) is 24.1 Å². The third kappa shape index (κ3) is 8.29. The highest BCUT2D eigenvalue weighted by atomic mass is 32.2. The minimum atomic E-state index is -4.04. The molecule has 0 aliphatic carbocycles. The first-order valence-electron chi connectivity index (χ1n) is 12.2. The van der Waals surface area contributed by atoms with Crippen molar-refractivity contribution >= 4 is 27.9 Å². The average molecular weight is 531 g/mol. The summed E-state index contributed by atoms with van der Waals surface area (Å²) in [6.07, 6.45) is 1.74. The number of guanidine groups is 1. The van der Waals surface area contributed by atoms with Crippen molar-refractivity contribution in [3.63, 3.8) is 0 Å². The molecule has 0 bridgehead atoms. The molecule has 37 heavy (non-hydrogen) atoms. The van der Waals surface area contributed by atoms with E-state index < -0.39 is 22.0 Å². The molecule has 0 saturated heterocycles. The SMILES string of the molecule is Cc1cc(C)c(S(=O)(=O)NC(CCOc2ccc(CCC(=O)NC3=NCCCN3)cc2)C(=O)O)c(C)c1. The molecule has 1 aliphatic rings. The van der Waals surface area contributed by atoms with Crippen LogP contribution in [-0.2, 0) is 26.0 Å². The van der Waals surface area contributed by atoms with E-state index >= 15 is 0 Å². The second-order valence-electron chi connectivity index (χ2n) is 9.08. The van der Waals surface area contributed by atoms with Gasteiger partial charge in [0.05, 0.1) is 11.5 Å². The lowest BCUT2D eigenvalue weighted by Crippen LogP contribution is -2.43. The van der Waals surface area contributed by atoms with E-state index in [1.807, 2.05) is 19.1 Å². The molecular formula is C26H34N4O6S. The monoisotopic (exact) mass is 530 g/mol. The molecule has 200 valence electrons. The lowest BCUT2D eigenvalue weighted by Gasteiger charge is -2.18. The van der Waals surface area contributed by atoms with Crippen LogP contribution < -0.4 is 20.1 Å². The van der Waals surface area contributed by atoms with Crippen LogP contribution in [0.5, 0.6) is 5.75 Å². The molecule has 0 aromatic heterocycles. The third-order valence-electron chi connectivity index (χ3n) is 5.86. The van der Waals surface area contributed by atoms with E-state index in [1.54, 1.807) is 38.1 Å². The minimum Gasteiger partial charge on any atom is -0.494 e. The molecule has 0 saturated carbocycles. The van der Waals surface area contributed by atoms with Gasteiger partial charge in [-0.05, 0) is 62.4 Å². The number of nitrogens with zero attached hydrogens (tertiary/aromatic N) is 1. The molecule has 1 aliphatic heterocycles. The Labute approximate surface area is 217 Å². The number of hydrogen-bond acceptors (Lipinski definition) is 7. The van der Waals surface area contributed by atoms with E-state index in [-0.39, 0.29) is 23.8 Å². The quantitative estimate of drug-likeness (QED) is 0.348. The Hall–Kier alpha value is -3.44. The van der Waals surface area contributed by atoms with Crippen molar-refractivity contribution in [1.29, 1.82) is 0 Å². The lowest BCUT2D eigenvalue weighted by atomic mass is 10.1. The van der Waals surface area contributed by atoms with Gasteiger partial charge in [0.25, 0.3) is 0 Å². The Morgan fingerprint density at radius 1 is 1.14 bits per heavy atom. The molecule has 3 rings (SSSR count). The largest absolute Gasteiger partial charge is 0.494 e. The molecule has 4 N–H and O–H groups in total. The maximum Gasteiger partial charge on any atom is 0.321 e. The second kappa shape index (κ2) is 12.7. The van der Waals surface area contributed by atoms with Crippen molar-refractivity contribution in [2.24, 2.45) is 4.99 Å². The van der Waals surface area contributed by atoms with E-state index in [0.29, 0.717) is 42.2 Å². The molecular weight excluding hydrogens is 496 g/mol. The molecule has 10 nitrogen and oxygen atoms in total. The predicted molar refractivity (Wildman–Crippen MR) is 140 cm³/mol. The number of ether oxygens (including phenoxy) is 1. The fourth-order valence-electron chi connectivity index (χ4n) is 4.19. The maximum absolute atomic E-state index is 12.9. The molecule has 2 aromatic rings. The topological polar surface area (TPSA) is 146 Å². The average Bonchev–Trinajstić information content (AvgIpc) is 2.82. The van der Waals surface area contributed by atoms with E-state index in [9.17, 15) is 23.1 Å². The number of aliphatic carboxylic acids is 1. The van der Waals surface area contributed by atoms with Gasteiger partial charge < -0.3 is 15.2 Å². The van der Waals surface area contributed by atoms with Crippen molar-refractivity contribution in [3.05, 3.63) is 58.7 Å². The molecule has 2 aromatic carbocycles. The Kier molecular flexibility index (Phi) is 9.65. The number of amides is 1. The number of sulfonamides is 1. The first-order valence-corrected chi connectivity index (χ1v) is 13.7. The normalized spacial score (nSPS) is 14.3. The fourth-order valence-corrected chi connectivity index (χ4v) is 5.86. The molecule has 0 spiro atoms. The van der Waals surface area contributed by atoms with Crippen molar-refractivity contribution in [2.75, 3.05) is 19.7 Å². The van der Waals surface area contributed by atoms with Gasteiger partial charge in [-0.15, -0.1) is 0 Å². The molecule has 1 unspecified atom stereocenters. The summed E-state index contributed by atoms with van der Waals surface area (Å²) in [5.41, 5.74) is 2.99. The number of aliphatic imine (C=N–C) groups is 1. The van der Waals surface area contributed by atoms with Crippen LogP contribution in [0.15, 0.2) is 46.3 Å². The van der Waals surface area contributed by atoms with E-state index in [2.05, 4.69) is 20.3 Å². The van der Waals surface area contributed by atoms with Crippen molar-refractivity contribution in [2.45, 2.75) is 57.4 Å². The minimum absolute atomic E-state index is 0.00220. The number of hydrogen-bond donors (Lipinski definition) is 4. The summed E-state index contributed by atoms with van der Waals surface area (Å²) in [7, 11) is -4.04. The van der Waals surface area contributed by atoms with Gasteiger partial charge in [-0.3, -0.25) is 19.9 Å². The van der Waals surface area contributed by atoms with Crippen molar-refractivity contribution in [1.82, 2.24) is 15.4 Å². The van der Waals surface area contributed by atoms with Crippen LogP contribution in [0.2, 0.25) is 0 Å². The number of carboxylic acid groups (broad SMARTS) is 1. The van der Waals surface area contributed by atoms with Gasteiger partial charge in [0.2, 0.25) is 15.9 Å². The van der Waals surface area contributed by atoms with Crippen LogP contribution in [0.4, 0.5) is 0 Å². The van der Waals surface area contributed by atoms with Gasteiger partial charge >= 0.3 is 5.97 Å². The van der Waals surface area contributed by atoms with Crippen molar-refractivity contribution < 1.29 is 27.9 Å². The zero-order valence-corrected chi connectivity index (χ0v) is 22.2. The lowest BCUT2D eigenvalue weighted by molar-refractivity contribution is -0.139. The zero-order valence-electron chi connectivity index (χ0n) is 21.3. The Bertz CT molecular complexity index is 1240. The standard InChI is InChI=1S/C26H34N4O6S/c1-17-15-18(2)24(19(3)16-17)37(34,35)30-22(25(32)33)11-14-36-21-8-5-20(6-9-21)7-10-23(31)29-26-27-12-4-13-28-26/h5-6,8-9,15-16,22,30H,4,7,10-14H2,1-3H3,(H,32,33)(H2,27,28,29,31). The number of carbonyl (C=O) groups is 2. The van der Waals surface area contributed by atoms with Crippen molar-refractivity contribution in [3.8, 4) is 5.75 Å². The summed E-state index contributed by atoms with van der Waals surface area (Å²) in [6.45, 7) is 6.75. The third-order valence-corrected chi connectivity index (χ3v) is 7.64. The summed E-state index contributed by atoms with van der Waals surface area (Å²) < 4.78 is 33.8. The van der Waals surface area contributed by atoms with Gasteiger partial charge in [0.1, 0.15) is 11.8 Å². The Morgan fingerprint density at radius 3 is 2.41 bits per heavy atom. The molecule has 11 heteroatoms. The number of nitrogens with one attached hydrogen (secondary N) is 3. The molecule has 1 amide bonds. The number of carboxylic acids is 1. The van der Waals surface area contributed by atoms with Gasteiger partial charge in [-0.1, -0.05) is 29.8 Å². The van der Waals surface area contributed by atoms with Gasteiger partial charge in [0.15, 0.2) is 5.96 Å². The summed E-state index contributed by atoms with van der Waals surface area (Å²) >= 11 is 0. The van der Waals surface area contributed by atoms with E-state index in [4.69, 9.17) is 4.74 Å². The van der Waals surface area contributed by atoms with Crippen LogP contribution in [-0.4, -0.2) is 57.1 Å². The smallest absolute Gasteiger partial charge is 0.321 e.